The number of aromatic nitrogens is 3. The molecule has 216 valence electrons. The van der Waals surface area contributed by atoms with Crippen LogP contribution in [0.1, 0.15) is 67.9 Å². The van der Waals surface area contributed by atoms with Crippen LogP contribution < -0.4 is 10.6 Å². The number of carbonyl (C=O) groups excluding carboxylic acids is 2. The van der Waals surface area contributed by atoms with Crippen LogP contribution in [0.3, 0.4) is 0 Å². The fourth-order valence-corrected chi connectivity index (χ4v) is 5.93. The van der Waals surface area contributed by atoms with Crippen molar-refractivity contribution in [3.05, 3.63) is 93.3 Å². The molecule has 0 spiro atoms. The minimum absolute atomic E-state index is 0.0937. The largest absolute Gasteiger partial charge is 0.392 e. The highest BCUT2D eigenvalue weighted by Crippen LogP contribution is 2.42. The number of aliphatic hydroxyl groups excluding tert-OH is 1. The van der Waals surface area contributed by atoms with Crippen LogP contribution >= 0.6 is 11.6 Å². The molecule has 42 heavy (non-hydrogen) atoms. The number of fused-ring (bicyclic) bond motifs is 1. The van der Waals surface area contributed by atoms with Crippen molar-refractivity contribution in [2.24, 2.45) is 7.05 Å². The van der Waals surface area contributed by atoms with Crippen molar-refractivity contribution >= 4 is 34.8 Å². The molecular formula is C32H33ClN6O3. The number of anilines is 2. The number of pyridine rings is 1. The Labute approximate surface area is 249 Å². The highest BCUT2D eigenvalue weighted by atomic mass is 35.5. The molecule has 10 heteroatoms. The lowest BCUT2D eigenvalue weighted by Crippen LogP contribution is -2.27. The maximum atomic E-state index is 13.3. The average Bonchev–Trinajstić information content (AvgIpc) is 3.78. The lowest BCUT2D eigenvalue weighted by molar-refractivity contribution is 0.100. The molecule has 2 aromatic carbocycles. The summed E-state index contributed by atoms with van der Waals surface area (Å²) < 4.78 is 1.87. The van der Waals surface area contributed by atoms with Crippen LogP contribution in [-0.2, 0) is 26.6 Å². The molecule has 0 unspecified atom stereocenters. The molecule has 1 saturated carbocycles. The topological polar surface area (TPSA) is 112 Å². The van der Waals surface area contributed by atoms with Crippen molar-refractivity contribution in [3.8, 4) is 11.1 Å². The maximum Gasteiger partial charge on any atom is 0.291 e. The molecule has 1 aliphatic carbocycles. The number of aliphatic hydroxyl groups is 1. The summed E-state index contributed by atoms with van der Waals surface area (Å²) in [5, 5.41) is 16.0. The molecule has 1 aliphatic heterocycles. The Morgan fingerprint density at radius 2 is 1.76 bits per heavy atom. The van der Waals surface area contributed by atoms with Gasteiger partial charge in [-0.15, -0.1) is 0 Å². The second-order valence-electron chi connectivity index (χ2n) is 11.1. The molecule has 9 nitrogen and oxygen atoms in total. The summed E-state index contributed by atoms with van der Waals surface area (Å²) in [7, 11) is 3.92. The Balaban J connectivity index is 1.24. The third kappa shape index (κ3) is 5.31. The average molecular weight is 585 g/mol. The first kappa shape index (κ1) is 28.1. The quantitative estimate of drug-likeness (QED) is 0.271. The third-order valence-electron chi connectivity index (χ3n) is 8.21. The fraction of sp³-hybridized carbons (Fsp3) is 0.312. The van der Waals surface area contributed by atoms with Crippen molar-refractivity contribution in [1.29, 1.82) is 0 Å². The number of benzene rings is 2. The van der Waals surface area contributed by atoms with E-state index in [1.165, 1.54) is 0 Å². The number of rotatable bonds is 7. The Hall–Kier alpha value is -4.05. The highest BCUT2D eigenvalue weighted by Gasteiger charge is 2.28. The summed E-state index contributed by atoms with van der Waals surface area (Å²) in [6.07, 6.45) is 4.54. The number of amides is 2. The first-order chi connectivity index (χ1) is 20.2. The summed E-state index contributed by atoms with van der Waals surface area (Å²) in [6, 6.07) is 12.9. The molecule has 0 atom stereocenters. The maximum absolute atomic E-state index is 13.3. The SMILES string of the molecule is Cc1c(NC(=O)c2cc(C3CC3)c(CO)cn2)cccc1-c1cccc(NC(=O)c2nc3c(n2C)CCN(C)C3)c1Cl. The second kappa shape index (κ2) is 11.3. The zero-order chi connectivity index (χ0) is 29.5. The van der Waals surface area contributed by atoms with E-state index in [4.69, 9.17) is 11.6 Å². The van der Waals surface area contributed by atoms with Gasteiger partial charge in [-0.05, 0) is 73.2 Å². The molecule has 2 aromatic heterocycles. The molecular weight excluding hydrogens is 552 g/mol. The van der Waals surface area contributed by atoms with Crippen LogP contribution in [0.15, 0.2) is 48.7 Å². The molecule has 3 heterocycles. The van der Waals surface area contributed by atoms with Gasteiger partial charge in [0.05, 0.1) is 23.0 Å². The molecule has 2 amide bonds. The summed E-state index contributed by atoms with van der Waals surface area (Å²) in [4.78, 5) is 37.6. The van der Waals surface area contributed by atoms with Crippen LogP contribution in [0.5, 0.6) is 0 Å². The van der Waals surface area contributed by atoms with Crippen LogP contribution in [-0.4, -0.2) is 49.9 Å². The van der Waals surface area contributed by atoms with E-state index in [1.54, 1.807) is 18.3 Å². The Morgan fingerprint density at radius 3 is 2.50 bits per heavy atom. The van der Waals surface area contributed by atoms with Crippen molar-refractivity contribution < 1.29 is 14.7 Å². The predicted molar refractivity (Wildman–Crippen MR) is 163 cm³/mol. The summed E-state index contributed by atoms with van der Waals surface area (Å²) >= 11 is 6.88. The molecule has 6 rings (SSSR count). The van der Waals surface area contributed by atoms with Crippen molar-refractivity contribution in [1.82, 2.24) is 19.4 Å². The monoisotopic (exact) mass is 584 g/mol. The standard InChI is InChI=1S/C32H33ClN6O3/c1-18-21(6-4-8-24(18)36-31(41)26-14-23(19-10-11-19)20(17-40)15-34-26)22-7-5-9-25(29(22)33)37-32(42)30-35-27-16-38(2)13-12-28(27)39(30)3/h4-9,14-15,19,40H,10-13,16-17H2,1-3H3,(H,36,41)(H,37,42). The van der Waals surface area contributed by atoms with Gasteiger partial charge >= 0.3 is 0 Å². The van der Waals surface area contributed by atoms with E-state index in [1.807, 2.05) is 55.9 Å². The summed E-state index contributed by atoms with van der Waals surface area (Å²) in [5.74, 6) is 0.0867. The number of likely N-dealkylation sites (N-methyl/N-ethyl adjacent to an activating group) is 1. The van der Waals surface area contributed by atoms with Crippen molar-refractivity contribution in [3.63, 3.8) is 0 Å². The van der Waals surface area contributed by atoms with Crippen LogP contribution in [0.2, 0.25) is 5.02 Å². The van der Waals surface area contributed by atoms with Crippen molar-refractivity contribution in [2.75, 3.05) is 24.2 Å². The lowest BCUT2D eigenvalue weighted by Gasteiger charge is -2.21. The molecule has 1 fully saturated rings. The molecule has 0 radical (unpaired) electrons. The lowest BCUT2D eigenvalue weighted by atomic mass is 9.98. The van der Waals surface area contributed by atoms with E-state index in [2.05, 4.69) is 25.5 Å². The van der Waals surface area contributed by atoms with Gasteiger partial charge in [0.15, 0.2) is 5.82 Å². The van der Waals surface area contributed by atoms with Gasteiger partial charge in [-0.1, -0.05) is 35.9 Å². The number of hydrogen-bond acceptors (Lipinski definition) is 6. The van der Waals surface area contributed by atoms with Crippen molar-refractivity contribution in [2.45, 2.75) is 45.3 Å². The second-order valence-corrected chi connectivity index (χ2v) is 11.5. The molecule has 0 saturated heterocycles. The molecule has 3 N–H and O–H groups in total. The van der Waals surface area contributed by atoms with Crippen LogP contribution in [0, 0.1) is 6.92 Å². The van der Waals surface area contributed by atoms with Gasteiger partial charge < -0.3 is 25.2 Å². The zero-order valence-corrected chi connectivity index (χ0v) is 24.6. The van der Waals surface area contributed by atoms with E-state index in [-0.39, 0.29) is 18.4 Å². The fourth-order valence-electron chi connectivity index (χ4n) is 5.66. The normalized spacial score (nSPS) is 14.9. The third-order valence-corrected chi connectivity index (χ3v) is 8.62. The predicted octanol–water partition coefficient (Wildman–Crippen LogP) is 5.31. The van der Waals surface area contributed by atoms with Gasteiger partial charge in [0.2, 0.25) is 0 Å². The first-order valence-corrected chi connectivity index (χ1v) is 14.5. The van der Waals surface area contributed by atoms with Gasteiger partial charge in [0.1, 0.15) is 5.69 Å². The van der Waals surface area contributed by atoms with Gasteiger partial charge in [-0.3, -0.25) is 14.6 Å². The van der Waals surface area contributed by atoms with E-state index in [9.17, 15) is 14.7 Å². The van der Waals surface area contributed by atoms with Gasteiger partial charge in [-0.25, -0.2) is 4.98 Å². The van der Waals surface area contributed by atoms with E-state index in [0.29, 0.717) is 40.4 Å². The first-order valence-electron chi connectivity index (χ1n) is 14.1. The number of nitrogens with one attached hydrogen (secondary N) is 2. The van der Waals surface area contributed by atoms with E-state index in [0.717, 1.165) is 65.0 Å². The number of halogens is 1. The summed E-state index contributed by atoms with van der Waals surface area (Å²) in [6.45, 7) is 3.46. The van der Waals surface area contributed by atoms with Gasteiger partial charge in [0.25, 0.3) is 11.8 Å². The molecule has 2 aliphatic rings. The summed E-state index contributed by atoms with van der Waals surface area (Å²) in [5.41, 5.74) is 7.56. The van der Waals surface area contributed by atoms with Gasteiger partial charge in [0, 0.05) is 49.7 Å². The highest BCUT2D eigenvalue weighted by molar-refractivity contribution is 6.36. The Bertz CT molecular complexity index is 1710. The van der Waals surface area contributed by atoms with Crippen LogP contribution in [0.4, 0.5) is 11.4 Å². The van der Waals surface area contributed by atoms with Crippen LogP contribution in [0.25, 0.3) is 11.1 Å². The number of carbonyl (C=O) groups is 2. The number of hydrogen-bond donors (Lipinski definition) is 3. The Morgan fingerprint density at radius 1 is 1.05 bits per heavy atom. The Kier molecular flexibility index (Phi) is 7.57. The van der Waals surface area contributed by atoms with Gasteiger partial charge in [-0.2, -0.15) is 0 Å². The van der Waals surface area contributed by atoms with E-state index < -0.39 is 0 Å². The van der Waals surface area contributed by atoms with E-state index >= 15 is 0 Å². The molecule has 4 aromatic rings. The smallest absolute Gasteiger partial charge is 0.291 e. The number of nitrogens with zero attached hydrogens (tertiary/aromatic N) is 4. The minimum Gasteiger partial charge on any atom is -0.392 e. The molecule has 0 bridgehead atoms. The zero-order valence-electron chi connectivity index (χ0n) is 23.9. The minimum atomic E-state index is -0.323. The number of imidazole rings is 1.